The second-order valence-electron chi connectivity index (χ2n) is 3.36. The second kappa shape index (κ2) is 5.43. The third kappa shape index (κ3) is 2.91. The minimum atomic E-state index is -1.11. The zero-order valence-corrected chi connectivity index (χ0v) is 8.84. The molecule has 6 nitrogen and oxygen atoms in total. The van der Waals surface area contributed by atoms with Crippen molar-refractivity contribution in [2.45, 2.75) is 13.0 Å². The van der Waals surface area contributed by atoms with Crippen LogP contribution in [-0.4, -0.2) is 45.5 Å². The van der Waals surface area contributed by atoms with Crippen molar-refractivity contribution in [1.29, 1.82) is 0 Å². The molecule has 0 saturated carbocycles. The van der Waals surface area contributed by atoms with Gasteiger partial charge in [-0.25, -0.2) is 9.78 Å². The summed E-state index contributed by atoms with van der Waals surface area (Å²) in [4.78, 5) is 14.9. The van der Waals surface area contributed by atoms with Crippen LogP contribution in [0.25, 0.3) is 0 Å². The van der Waals surface area contributed by atoms with E-state index < -0.39 is 12.0 Å². The number of aromatic nitrogens is 1. The quantitative estimate of drug-likeness (QED) is 0.557. The van der Waals surface area contributed by atoms with E-state index in [-0.39, 0.29) is 24.6 Å². The third-order valence-corrected chi connectivity index (χ3v) is 2.05. The van der Waals surface area contributed by atoms with Crippen LogP contribution in [0.4, 0.5) is 5.82 Å². The fourth-order valence-corrected chi connectivity index (χ4v) is 1.18. The van der Waals surface area contributed by atoms with E-state index in [1.165, 1.54) is 6.07 Å². The van der Waals surface area contributed by atoms with Crippen molar-refractivity contribution in [3.63, 3.8) is 0 Å². The van der Waals surface area contributed by atoms with Crippen molar-refractivity contribution in [2.75, 3.05) is 18.5 Å². The minimum absolute atomic E-state index is 0.0116. The highest BCUT2D eigenvalue weighted by atomic mass is 16.4. The molecule has 0 atom stereocenters. The summed E-state index contributed by atoms with van der Waals surface area (Å²) < 4.78 is 0. The molecule has 0 aliphatic rings. The van der Waals surface area contributed by atoms with E-state index in [1.807, 2.05) is 0 Å². The van der Waals surface area contributed by atoms with Gasteiger partial charge in [0.2, 0.25) is 0 Å². The van der Waals surface area contributed by atoms with Gasteiger partial charge in [-0.15, -0.1) is 0 Å². The van der Waals surface area contributed by atoms with Crippen LogP contribution in [0, 0.1) is 6.92 Å². The third-order valence-electron chi connectivity index (χ3n) is 2.05. The van der Waals surface area contributed by atoms with Gasteiger partial charge < -0.3 is 20.6 Å². The summed E-state index contributed by atoms with van der Waals surface area (Å²) in [6, 6.07) is 2.40. The number of nitrogens with one attached hydrogen (secondary N) is 1. The number of hydrogen-bond acceptors (Lipinski definition) is 5. The Morgan fingerprint density at radius 2 is 2.06 bits per heavy atom. The van der Waals surface area contributed by atoms with Crippen molar-refractivity contribution in [3.05, 3.63) is 23.4 Å². The predicted molar refractivity (Wildman–Crippen MR) is 57.5 cm³/mol. The molecule has 0 amide bonds. The van der Waals surface area contributed by atoms with Crippen LogP contribution >= 0.6 is 0 Å². The Labute approximate surface area is 92.6 Å². The summed E-state index contributed by atoms with van der Waals surface area (Å²) in [6.45, 7) is 1.13. The fraction of sp³-hybridized carbons (Fsp3) is 0.400. The predicted octanol–water partition coefficient (Wildman–Crippen LogP) is -0.147. The van der Waals surface area contributed by atoms with Crippen LogP contribution in [0.15, 0.2) is 12.1 Å². The van der Waals surface area contributed by atoms with E-state index in [9.17, 15) is 4.79 Å². The van der Waals surface area contributed by atoms with Gasteiger partial charge in [0, 0.05) is 5.69 Å². The van der Waals surface area contributed by atoms with Gasteiger partial charge in [-0.1, -0.05) is 0 Å². The summed E-state index contributed by atoms with van der Waals surface area (Å²) in [5.74, 6) is -0.953. The molecule has 0 bridgehead atoms. The largest absolute Gasteiger partial charge is 0.478 e. The lowest BCUT2D eigenvalue weighted by molar-refractivity contribution is 0.0697. The first-order valence-corrected chi connectivity index (χ1v) is 4.77. The Hall–Kier alpha value is -1.66. The van der Waals surface area contributed by atoms with Gasteiger partial charge in [-0.2, -0.15) is 0 Å². The topological polar surface area (TPSA) is 103 Å². The van der Waals surface area contributed by atoms with E-state index in [2.05, 4.69) is 10.3 Å². The highest BCUT2D eigenvalue weighted by molar-refractivity contribution is 5.93. The van der Waals surface area contributed by atoms with Crippen molar-refractivity contribution in [3.8, 4) is 0 Å². The number of rotatable bonds is 5. The lowest BCUT2D eigenvalue weighted by atomic mass is 10.2. The number of carboxylic acid groups (broad SMARTS) is 1. The molecule has 0 aliphatic carbocycles. The molecule has 0 spiro atoms. The van der Waals surface area contributed by atoms with Gasteiger partial charge >= 0.3 is 5.97 Å². The molecule has 1 heterocycles. The van der Waals surface area contributed by atoms with Crippen molar-refractivity contribution >= 4 is 11.8 Å². The van der Waals surface area contributed by atoms with E-state index in [0.29, 0.717) is 5.69 Å². The zero-order valence-electron chi connectivity index (χ0n) is 8.84. The first kappa shape index (κ1) is 12.4. The van der Waals surface area contributed by atoms with Crippen molar-refractivity contribution < 1.29 is 20.1 Å². The molecule has 0 saturated heterocycles. The van der Waals surface area contributed by atoms with Crippen LogP contribution in [0.1, 0.15) is 16.1 Å². The normalized spacial score (nSPS) is 10.5. The molecule has 1 aromatic heterocycles. The maximum atomic E-state index is 10.9. The first-order valence-electron chi connectivity index (χ1n) is 4.77. The molecule has 0 aromatic carbocycles. The standard InChI is InChI=1S/C10H14N2O4/c1-6-2-3-8(10(15)16)9(11-6)12-7(4-13)5-14/h2-3,7,13-14H,4-5H2,1H3,(H,11,12)(H,15,16). The van der Waals surface area contributed by atoms with Crippen LogP contribution in [0.3, 0.4) is 0 Å². The average molecular weight is 226 g/mol. The fourth-order valence-electron chi connectivity index (χ4n) is 1.18. The van der Waals surface area contributed by atoms with E-state index in [4.69, 9.17) is 15.3 Å². The number of carboxylic acids is 1. The number of pyridine rings is 1. The number of aliphatic hydroxyl groups is 2. The van der Waals surface area contributed by atoms with Crippen molar-refractivity contribution in [2.24, 2.45) is 0 Å². The van der Waals surface area contributed by atoms with E-state index in [0.717, 1.165) is 0 Å². The number of nitrogens with zero attached hydrogens (tertiary/aromatic N) is 1. The Balaban J connectivity index is 3.00. The molecule has 1 rings (SSSR count). The molecule has 0 aliphatic heterocycles. The molecule has 1 aromatic rings. The molecule has 0 fully saturated rings. The Morgan fingerprint density at radius 1 is 1.44 bits per heavy atom. The molecular weight excluding hydrogens is 212 g/mol. The molecule has 0 radical (unpaired) electrons. The summed E-state index contributed by atoms with van der Waals surface area (Å²) >= 11 is 0. The molecule has 0 unspecified atom stereocenters. The summed E-state index contributed by atoms with van der Waals surface area (Å²) in [7, 11) is 0. The lowest BCUT2D eigenvalue weighted by Gasteiger charge is -2.15. The molecule has 88 valence electrons. The number of aromatic carboxylic acids is 1. The van der Waals surface area contributed by atoms with E-state index >= 15 is 0 Å². The summed E-state index contributed by atoms with van der Waals surface area (Å²) in [6.07, 6.45) is 0. The molecular formula is C10H14N2O4. The molecule has 4 N–H and O–H groups in total. The number of anilines is 1. The van der Waals surface area contributed by atoms with Gasteiger partial charge in [0.15, 0.2) is 0 Å². The lowest BCUT2D eigenvalue weighted by Crippen LogP contribution is -2.29. The number of carbonyl (C=O) groups is 1. The monoisotopic (exact) mass is 226 g/mol. The second-order valence-corrected chi connectivity index (χ2v) is 3.36. The smallest absolute Gasteiger partial charge is 0.339 e. The highest BCUT2D eigenvalue weighted by Gasteiger charge is 2.14. The Kier molecular flexibility index (Phi) is 4.21. The van der Waals surface area contributed by atoms with Crippen LogP contribution in [0.2, 0.25) is 0 Å². The maximum Gasteiger partial charge on any atom is 0.339 e. The summed E-state index contributed by atoms with van der Waals surface area (Å²) in [5, 5.41) is 29.4. The van der Waals surface area contributed by atoms with Crippen LogP contribution in [0.5, 0.6) is 0 Å². The minimum Gasteiger partial charge on any atom is -0.478 e. The van der Waals surface area contributed by atoms with Gasteiger partial charge in [0.05, 0.1) is 19.3 Å². The zero-order chi connectivity index (χ0) is 12.1. The van der Waals surface area contributed by atoms with Gasteiger partial charge in [-0.05, 0) is 19.1 Å². The molecule has 16 heavy (non-hydrogen) atoms. The molecule has 6 heteroatoms. The summed E-state index contributed by atoms with van der Waals surface area (Å²) in [5.41, 5.74) is 0.666. The highest BCUT2D eigenvalue weighted by Crippen LogP contribution is 2.14. The van der Waals surface area contributed by atoms with E-state index in [1.54, 1.807) is 13.0 Å². The average Bonchev–Trinajstić information content (AvgIpc) is 2.25. The number of aliphatic hydroxyl groups excluding tert-OH is 2. The van der Waals surface area contributed by atoms with Crippen LogP contribution < -0.4 is 5.32 Å². The Bertz CT molecular complexity index is 377. The van der Waals surface area contributed by atoms with Gasteiger partial charge in [-0.3, -0.25) is 0 Å². The number of aryl methyl sites for hydroxylation is 1. The number of hydrogen-bond donors (Lipinski definition) is 4. The van der Waals surface area contributed by atoms with Gasteiger partial charge in [0.25, 0.3) is 0 Å². The first-order chi connectivity index (χ1) is 7.58. The maximum absolute atomic E-state index is 10.9. The van der Waals surface area contributed by atoms with Gasteiger partial charge in [0.1, 0.15) is 11.4 Å². The SMILES string of the molecule is Cc1ccc(C(=O)O)c(NC(CO)CO)n1. The van der Waals surface area contributed by atoms with Crippen molar-refractivity contribution in [1.82, 2.24) is 4.98 Å². The Morgan fingerprint density at radius 3 is 2.56 bits per heavy atom. The van der Waals surface area contributed by atoms with Crippen LogP contribution in [-0.2, 0) is 0 Å².